The normalized spacial score (nSPS) is 24.9. The fourth-order valence-corrected chi connectivity index (χ4v) is 9.09. The van der Waals surface area contributed by atoms with E-state index in [1.165, 1.54) is 24.3 Å². The molecule has 0 amide bonds. The molecule has 0 radical (unpaired) electrons. The molecule has 2 nitrogen and oxygen atoms in total. The third-order valence-electron chi connectivity index (χ3n) is 8.66. The summed E-state index contributed by atoms with van der Waals surface area (Å²) in [5.41, 5.74) is -2.06. The molecule has 1 fully saturated rings. The van der Waals surface area contributed by atoms with Crippen LogP contribution in [0.25, 0.3) is 0 Å². The van der Waals surface area contributed by atoms with Crippen LogP contribution >= 0.6 is 0 Å². The fraction of sp³-hybridized carbons (Fsp3) is 0.400. The molecule has 8 heteroatoms. The summed E-state index contributed by atoms with van der Waals surface area (Å²) in [6, 6.07) is 18.3. The topological polar surface area (TPSA) is 34.1 Å². The van der Waals surface area contributed by atoms with Gasteiger partial charge in [-0.2, -0.15) is 13.2 Å². The first-order valence-electron chi connectivity index (χ1n) is 12.8. The van der Waals surface area contributed by atoms with Crippen molar-refractivity contribution in [3.05, 3.63) is 101 Å². The first-order chi connectivity index (χ1) is 17.9. The zero-order valence-electron chi connectivity index (χ0n) is 20.9. The van der Waals surface area contributed by atoms with E-state index >= 15 is 0 Å². The van der Waals surface area contributed by atoms with E-state index in [1.807, 2.05) is 30.3 Å². The summed E-state index contributed by atoms with van der Waals surface area (Å²) in [7, 11) is -4.07. The van der Waals surface area contributed by atoms with Gasteiger partial charge < -0.3 is 0 Å². The lowest BCUT2D eigenvalue weighted by molar-refractivity contribution is -0.228. The van der Waals surface area contributed by atoms with E-state index in [1.54, 1.807) is 0 Å². The minimum absolute atomic E-state index is 0.0184. The summed E-state index contributed by atoms with van der Waals surface area (Å²) in [6.07, 6.45) is -1.77. The molecule has 0 N–H and O–H groups in total. The van der Waals surface area contributed by atoms with E-state index in [-0.39, 0.29) is 16.7 Å². The Kier molecular flexibility index (Phi) is 6.69. The molecule has 0 aromatic heterocycles. The second-order valence-corrected chi connectivity index (χ2v) is 12.9. The number of hydrogen-bond acceptors (Lipinski definition) is 2. The SMILES string of the molecule is CC(F)(c1ccc2c(c1)CC[C@H]1[C@H](CCc3ccccc3)CC[C@@]21S(=O)(=O)c1ccc(F)cc1)C(F)(F)F. The van der Waals surface area contributed by atoms with Crippen molar-refractivity contribution in [2.75, 3.05) is 0 Å². The Balaban J connectivity index is 1.60. The summed E-state index contributed by atoms with van der Waals surface area (Å²) in [5, 5.41) is 0. The second kappa shape index (κ2) is 9.47. The number of benzene rings is 3. The third kappa shape index (κ3) is 4.25. The summed E-state index contributed by atoms with van der Waals surface area (Å²) in [6.45, 7) is 0.487. The largest absolute Gasteiger partial charge is 0.426 e. The molecule has 2 aliphatic carbocycles. The molecule has 1 unspecified atom stereocenters. The van der Waals surface area contributed by atoms with Gasteiger partial charge in [-0.15, -0.1) is 0 Å². The van der Waals surface area contributed by atoms with E-state index in [0.29, 0.717) is 43.7 Å². The van der Waals surface area contributed by atoms with Crippen molar-refractivity contribution in [1.82, 2.24) is 0 Å². The maximum absolute atomic E-state index is 14.8. The van der Waals surface area contributed by atoms with Crippen LogP contribution in [0.4, 0.5) is 22.0 Å². The van der Waals surface area contributed by atoms with Gasteiger partial charge in [-0.1, -0.05) is 48.5 Å². The molecule has 202 valence electrons. The van der Waals surface area contributed by atoms with Crippen LogP contribution in [-0.2, 0) is 33.1 Å². The lowest BCUT2D eigenvalue weighted by Crippen LogP contribution is -2.45. The Labute approximate surface area is 219 Å². The molecule has 0 spiro atoms. The first kappa shape index (κ1) is 26.9. The Bertz CT molecular complexity index is 1420. The number of sulfone groups is 1. The van der Waals surface area contributed by atoms with Gasteiger partial charge in [-0.25, -0.2) is 17.2 Å². The monoisotopic (exact) mass is 548 g/mol. The van der Waals surface area contributed by atoms with Crippen molar-refractivity contribution in [3.63, 3.8) is 0 Å². The predicted molar refractivity (Wildman–Crippen MR) is 136 cm³/mol. The number of hydrogen-bond donors (Lipinski definition) is 0. The average molecular weight is 549 g/mol. The van der Waals surface area contributed by atoms with Gasteiger partial charge in [0.05, 0.1) is 4.90 Å². The number of aryl methyl sites for hydroxylation is 2. The van der Waals surface area contributed by atoms with Crippen LogP contribution in [-0.4, -0.2) is 14.6 Å². The van der Waals surface area contributed by atoms with Gasteiger partial charge in [0.1, 0.15) is 10.6 Å². The van der Waals surface area contributed by atoms with E-state index in [4.69, 9.17) is 0 Å². The number of rotatable bonds is 6. The van der Waals surface area contributed by atoms with Crippen molar-refractivity contribution < 1.29 is 30.4 Å². The Hall–Kier alpha value is -2.74. The predicted octanol–water partition coefficient (Wildman–Crippen LogP) is 7.85. The maximum atomic E-state index is 14.8. The average Bonchev–Trinajstić information content (AvgIpc) is 3.28. The van der Waals surface area contributed by atoms with Crippen molar-refractivity contribution in [1.29, 1.82) is 0 Å². The van der Waals surface area contributed by atoms with Crippen molar-refractivity contribution >= 4 is 9.84 Å². The third-order valence-corrected chi connectivity index (χ3v) is 11.2. The summed E-state index contributed by atoms with van der Waals surface area (Å²) < 4.78 is 96.2. The van der Waals surface area contributed by atoms with Gasteiger partial charge in [0.15, 0.2) is 9.84 Å². The summed E-state index contributed by atoms with van der Waals surface area (Å²) in [5.74, 6) is -0.743. The van der Waals surface area contributed by atoms with Crippen LogP contribution in [0.2, 0.25) is 0 Å². The molecule has 0 bridgehead atoms. The molecular weight excluding hydrogens is 519 g/mol. The van der Waals surface area contributed by atoms with E-state index in [9.17, 15) is 30.4 Å². The molecule has 0 aliphatic heterocycles. The van der Waals surface area contributed by atoms with Gasteiger partial charge >= 0.3 is 6.18 Å². The molecule has 3 aromatic carbocycles. The molecule has 5 rings (SSSR count). The zero-order chi connectivity index (χ0) is 27.3. The molecule has 3 aromatic rings. The highest BCUT2D eigenvalue weighted by Crippen LogP contribution is 2.60. The molecule has 1 saturated carbocycles. The van der Waals surface area contributed by atoms with Crippen LogP contribution in [0.5, 0.6) is 0 Å². The highest BCUT2D eigenvalue weighted by molar-refractivity contribution is 7.92. The Morgan fingerprint density at radius 3 is 2.26 bits per heavy atom. The lowest BCUT2D eigenvalue weighted by Gasteiger charge is -2.43. The highest BCUT2D eigenvalue weighted by atomic mass is 32.2. The minimum Gasteiger partial charge on any atom is -0.229 e. The zero-order valence-corrected chi connectivity index (χ0v) is 21.8. The van der Waals surface area contributed by atoms with Crippen LogP contribution in [0.15, 0.2) is 77.7 Å². The Morgan fingerprint density at radius 1 is 0.921 bits per heavy atom. The lowest BCUT2D eigenvalue weighted by atomic mass is 9.72. The highest BCUT2D eigenvalue weighted by Gasteiger charge is 2.60. The molecule has 0 saturated heterocycles. The van der Waals surface area contributed by atoms with Gasteiger partial charge in [0.25, 0.3) is 0 Å². The van der Waals surface area contributed by atoms with Gasteiger partial charge in [0, 0.05) is 0 Å². The number of halogens is 5. The summed E-state index contributed by atoms with van der Waals surface area (Å²) >= 11 is 0. The van der Waals surface area contributed by atoms with Gasteiger partial charge in [-0.05, 0) is 104 Å². The molecular formula is C30H29F5O2S. The van der Waals surface area contributed by atoms with Crippen molar-refractivity contribution in [2.45, 2.75) is 66.9 Å². The van der Waals surface area contributed by atoms with Crippen LogP contribution < -0.4 is 0 Å². The molecule has 2 aliphatic rings. The quantitative estimate of drug-likeness (QED) is 0.232. The number of fused-ring (bicyclic) bond motifs is 3. The minimum atomic E-state index is -5.10. The van der Waals surface area contributed by atoms with Gasteiger partial charge in [-0.3, -0.25) is 0 Å². The standard InChI is InChI=1S/C30H29F5O2S/c1-28(32,30(33,34)35)23-10-16-27-22(19-23)9-15-26-21(8-7-20-5-3-2-4-6-20)17-18-29(26,27)38(36,37)25-13-11-24(31)12-14-25/h2-6,10-14,16,19,21,26H,7-9,15,17-18H2,1H3/t21-,26+,28?,29+/m1/s1. The van der Waals surface area contributed by atoms with E-state index < -0.39 is 37.8 Å². The number of alkyl halides is 4. The molecule has 0 heterocycles. The molecule has 38 heavy (non-hydrogen) atoms. The van der Waals surface area contributed by atoms with Crippen molar-refractivity contribution in [3.8, 4) is 0 Å². The molecule has 4 atom stereocenters. The maximum Gasteiger partial charge on any atom is 0.426 e. The van der Waals surface area contributed by atoms with Crippen molar-refractivity contribution in [2.24, 2.45) is 11.8 Å². The van der Waals surface area contributed by atoms with Crippen LogP contribution in [0.1, 0.15) is 54.9 Å². The van der Waals surface area contributed by atoms with Crippen LogP contribution in [0.3, 0.4) is 0 Å². The first-order valence-corrected chi connectivity index (χ1v) is 14.3. The Morgan fingerprint density at radius 2 is 1.61 bits per heavy atom. The van der Waals surface area contributed by atoms with E-state index in [0.717, 1.165) is 36.6 Å². The second-order valence-electron chi connectivity index (χ2n) is 10.7. The smallest absolute Gasteiger partial charge is 0.229 e. The van der Waals surface area contributed by atoms with Gasteiger partial charge in [0.2, 0.25) is 5.67 Å². The summed E-state index contributed by atoms with van der Waals surface area (Å²) in [4.78, 5) is -0.0184. The van der Waals surface area contributed by atoms with E-state index in [2.05, 4.69) is 0 Å². The van der Waals surface area contributed by atoms with Crippen LogP contribution in [0, 0.1) is 17.7 Å². The fourth-order valence-electron chi connectivity index (χ4n) is 6.60.